The third-order valence-corrected chi connectivity index (χ3v) is 7.42. The summed E-state index contributed by atoms with van der Waals surface area (Å²) in [5.41, 5.74) is 5.66. The number of nitrogens with zero attached hydrogens (tertiary/aromatic N) is 1. The third kappa shape index (κ3) is 7.24. The third-order valence-electron chi connectivity index (χ3n) is 7.42. The molecule has 0 radical (unpaired) electrons. The predicted molar refractivity (Wildman–Crippen MR) is 159 cm³/mol. The number of esters is 2. The van der Waals surface area contributed by atoms with Crippen molar-refractivity contribution in [3.63, 3.8) is 0 Å². The van der Waals surface area contributed by atoms with E-state index in [1.165, 1.54) is 25.4 Å². The molecule has 0 saturated carbocycles. The lowest BCUT2D eigenvalue weighted by Gasteiger charge is -2.30. The number of allylic oxidation sites excluding steroid dienone is 2. The van der Waals surface area contributed by atoms with E-state index in [1.54, 1.807) is 32.0 Å². The van der Waals surface area contributed by atoms with Crippen molar-refractivity contribution >= 4 is 29.2 Å². The van der Waals surface area contributed by atoms with Crippen LogP contribution in [0.1, 0.15) is 43.7 Å². The fourth-order valence-electron chi connectivity index (χ4n) is 5.39. The molecule has 9 nitrogen and oxygen atoms in total. The molecular formula is C32H38N4O5. The lowest BCUT2D eigenvalue weighted by atomic mass is 9.80. The van der Waals surface area contributed by atoms with Crippen molar-refractivity contribution in [2.75, 3.05) is 45.7 Å². The monoisotopic (exact) mass is 558 g/mol. The molecule has 0 aliphatic carbocycles. The highest BCUT2D eigenvalue weighted by molar-refractivity contribution is 6.00. The van der Waals surface area contributed by atoms with Crippen molar-refractivity contribution in [1.29, 1.82) is 0 Å². The van der Waals surface area contributed by atoms with Crippen LogP contribution in [0.5, 0.6) is 0 Å². The number of urea groups is 1. The van der Waals surface area contributed by atoms with Crippen LogP contribution >= 0.6 is 0 Å². The Morgan fingerprint density at radius 1 is 0.951 bits per heavy atom. The summed E-state index contributed by atoms with van der Waals surface area (Å²) in [4.78, 5) is 40.6. The van der Waals surface area contributed by atoms with Gasteiger partial charge in [-0.05, 0) is 55.5 Å². The normalized spacial score (nSPS) is 16.0. The summed E-state index contributed by atoms with van der Waals surface area (Å²) in [6, 6.07) is 17.2. The largest absolute Gasteiger partial charge is 0.466 e. The van der Waals surface area contributed by atoms with Crippen LogP contribution in [0.3, 0.4) is 0 Å². The smallest absolute Gasteiger partial charge is 0.336 e. The average molecular weight is 559 g/mol. The quantitative estimate of drug-likeness (QED) is 0.306. The fraction of sp³-hybridized carbons (Fsp3) is 0.344. The number of hydrogen-bond acceptors (Lipinski definition) is 7. The van der Waals surface area contributed by atoms with Gasteiger partial charge in [-0.25, -0.2) is 14.4 Å². The van der Waals surface area contributed by atoms with Gasteiger partial charge in [0.05, 0.1) is 31.3 Å². The van der Waals surface area contributed by atoms with Gasteiger partial charge in [-0.3, -0.25) is 4.90 Å². The first-order chi connectivity index (χ1) is 19.8. The molecule has 2 aromatic rings. The molecule has 216 valence electrons. The van der Waals surface area contributed by atoms with Crippen molar-refractivity contribution in [3.8, 4) is 0 Å². The first-order valence-corrected chi connectivity index (χ1v) is 13.8. The maximum atomic E-state index is 12.7. The van der Waals surface area contributed by atoms with Gasteiger partial charge in [-0.15, -0.1) is 0 Å². The second kappa shape index (κ2) is 13.8. The second-order valence-electron chi connectivity index (χ2n) is 10.1. The van der Waals surface area contributed by atoms with E-state index < -0.39 is 17.9 Å². The molecule has 41 heavy (non-hydrogen) atoms. The molecule has 0 fully saturated rings. The van der Waals surface area contributed by atoms with Crippen LogP contribution in [0.15, 0.2) is 83.2 Å². The molecule has 0 saturated heterocycles. The van der Waals surface area contributed by atoms with Gasteiger partial charge in [0, 0.05) is 43.3 Å². The highest BCUT2D eigenvalue weighted by Crippen LogP contribution is 2.39. The summed E-state index contributed by atoms with van der Waals surface area (Å²) in [6.07, 6.45) is 4.14. The Morgan fingerprint density at radius 3 is 2.24 bits per heavy atom. The number of hydrogen-bond donors (Lipinski definition) is 3. The highest BCUT2D eigenvalue weighted by Gasteiger charge is 2.37. The Labute approximate surface area is 241 Å². The summed E-state index contributed by atoms with van der Waals surface area (Å²) in [5, 5.41) is 8.88. The molecule has 0 aromatic heterocycles. The van der Waals surface area contributed by atoms with E-state index >= 15 is 0 Å². The molecule has 9 heteroatoms. The lowest BCUT2D eigenvalue weighted by Crippen LogP contribution is -2.34. The van der Waals surface area contributed by atoms with Gasteiger partial charge in [0.2, 0.25) is 0 Å². The molecule has 0 bridgehead atoms. The van der Waals surface area contributed by atoms with E-state index in [9.17, 15) is 14.4 Å². The maximum Gasteiger partial charge on any atom is 0.336 e. The Bertz CT molecular complexity index is 1340. The average Bonchev–Trinajstić information content (AvgIpc) is 2.99. The Kier molecular flexibility index (Phi) is 9.97. The molecule has 4 rings (SSSR count). The first kappa shape index (κ1) is 29.6. The zero-order valence-electron chi connectivity index (χ0n) is 24.1. The standard InChI is InChI=1S/C32H38N4O5/c1-21-27(30(37)40-3)29(28(22(2)34-21)31(38)41-4)25-12-8-13-26(20-25)35-32(39)33-16-9-17-36-18-14-24(15-19-36)23-10-6-5-7-11-23/h5-8,10-14,20,29,34H,9,15-19H2,1-4H3,(H2,33,35,39). The van der Waals surface area contributed by atoms with Crippen LogP contribution in [0.4, 0.5) is 10.5 Å². The summed E-state index contributed by atoms with van der Waals surface area (Å²) < 4.78 is 10.1. The Balaban J connectivity index is 1.35. The molecule has 2 amide bonds. The van der Waals surface area contributed by atoms with Gasteiger partial charge >= 0.3 is 18.0 Å². The lowest BCUT2D eigenvalue weighted by molar-refractivity contribution is -0.137. The minimum atomic E-state index is -0.720. The SMILES string of the molecule is COC(=O)C1=C(C)NC(C)=C(C(=O)OC)C1c1cccc(NC(=O)NCCCN2CC=C(c3ccccc3)CC2)c1. The van der Waals surface area contributed by atoms with E-state index in [2.05, 4.69) is 51.2 Å². The number of carbonyl (C=O) groups is 3. The molecule has 2 heterocycles. The maximum absolute atomic E-state index is 12.7. The number of nitrogens with one attached hydrogen (secondary N) is 3. The van der Waals surface area contributed by atoms with E-state index in [0.29, 0.717) is 40.3 Å². The van der Waals surface area contributed by atoms with Crippen molar-refractivity contribution in [2.45, 2.75) is 32.6 Å². The predicted octanol–water partition coefficient (Wildman–Crippen LogP) is 4.57. The molecule has 2 aromatic carbocycles. The van der Waals surface area contributed by atoms with Crippen LogP contribution in [0.25, 0.3) is 5.57 Å². The van der Waals surface area contributed by atoms with Gasteiger partial charge in [-0.1, -0.05) is 48.5 Å². The number of rotatable bonds is 9. The second-order valence-corrected chi connectivity index (χ2v) is 10.1. The molecule has 0 spiro atoms. The van der Waals surface area contributed by atoms with Crippen LogP contribution < -0.4 is 16.0 Å². The Hall–Kier alpha value is -4.37. The van der Waals surface area contributed by atoms with Gasteiger partial charge in [0.15, 0.2) is 0 Å². The fourth-order valence-corrected chi connectivity index (χ4v) is 5.39. The van der Waals surface area contributed by atoms with Crippen molar-refractivity contribution in [1.82, 2.24) is 15.5 Å². The van der Waals surface area contributed by atoms with Gasteiger partial charge < -0.3 is 25.4 Å². The van der Waals surface area contributed by atoms with Gasteiger partial charge in [0.1, 0.15) is 0 Å². The van der Waals surface area contributed by atoms with Crippen molar-refractivity contribution in [3.05, 3.63) is 94.3 Å². The summed E-state index contributed by atoms with van der Waals surface area (Å²) >= 11 is 0. The molecular weight excluding hydrogens is 520 g/mol. The van der Waals surface area contributed by atoms with Gasteiger partial charge in [0.25, 0.3) is 0 Å². The van der Waals surface area contributed by atoms with E-state index in [-0.39, 0.29) is 6.03 Å². The summed E-state index contributed by atoms with van der Waals surface area (Å²) in [6.45, 7) is 6.86. The van der Waals surface area contributed by atoms with E-state index in [1.807, 2.05) is 12.1 Å². The zero-order valence-corrected chi connectivity index (χ0v) is 24.1. The van der Waals surface area contributed by atoms with Crippen molar-refractivity contribution < 1.29 is 23.9 Å². The number of benzene rings is 2. The van der Waals surface area contributed by atoms with Crippen LogP contribution in [-0.2, 0) is 19.1 Å². The molecule has 0 atom stereocenters. The Morgan fingerprint density at radius 2 is 1.63 bits per heavy atom. The molecule has 0 unspecified atom stereocenters. The van der Waals surface area contributed by atoms with E-state index in [0.717, 1.165) is 32.5 Å². The summed E-state index contributed by atoms with van der Waals surface area (Å²) in [5.74, 6) is -1.82. The number of amides is 2. The highest BCUT2D eigenvalue weighted by atomic mass is 16.5. The molecule has 3 N–H and O–H groups in total. The number of methoxy groups -OCH3 is 2. The number of carbonyl (C=O) groups excluding carboxylic acids is 3. The summed E-state index contributed by atoms with van der Waals surface area (Å²) in [7, 11) is 2.60. The van der Waals surface area contributed by atoms with Gasteiger partial charge in [-0.2, -0.15) is 0 Å². The van der Waals surface area contributed by atoms with E-state index in [4.69, 9.17) is 9.47 Å². The number of dihydropyridines is 1. The minimum absolute atomic E-state index is 0.309. The molecule has 2 aliphatic heterocycles. The van der Waals surface area contributed by atoms with Crippen LogP contribution in [0, 0.1) is 0 Å². The van der Waals surface area contributed by atoms with Crippen molar-refractivity contribution in [2.24, 2.45) is 0 Å². The minimum Gasteiger partial charge on any atom is -0.466 e. The molecule has 2 aliphatic rings. The zero-order chi connectivity index (χ0) is 29.4. The number of ether oxygens (including phenoxy) is 2. The number of anilines is 1. The van der Waals surface area contributed by atoms with Crippen LogP contribution in [-0.4, -0.2) is 63.3 Å². The van der Waals surface area contributed by atoms with Crippen LogP contribution in [0.2, 0.25) is 0 Å². The first-order valence-electron chi connectivity index (χ1n) is 13.8. The topological polar surface area (TPSA) is 109 Å².